The molecule has 0 bridgehead atoms. The Labute approximate surface area is 150 Å². The molecule has 8 heteroatoms. The summed E-state index contributed by atoms with van der Waals surface area (Å²) in [4.78, 5) is 37.0. The van der Waals surface area contributed by atoms with Gasteiger partial charge in [0.2, 0.25) is 5.95 Å². The van der Waals surface area contributed by atoms with Crippen molar-refractivity contribution in [1.29, 1.82) is 0 Å². The molecule has 2 heterocycles. The number of fused-ring (bicyclic) bond motifs is 1. The predicted octanol–water partition coefficient (Wildman–Crippen LogP) is 1.52. The van der Waals surface area contributed by atoms with E-state index in [1.54, 1.807) is 23.3 Å². The topological polar surface area (TPSA) is 110 Å². The maximum atomic E-state index is 12.9. The lowest BCUT2D eigenvalue weighted by atomic mass is 9.86. The Bertz CT molecular complexity index is 826. The molecule has 136 valence electrons. The average Bonchev–Trinajstić information content (AvgIpc) is 3.32. The molecule has 0 aliphatic heterocycles. The molecule has 26 heavy (non-hydrogen) atoms. The number of aromatic nitrogens is 4. The fraction of sp³-hybridized carbons (Fsp3) is 0.500. The van der Waals surface area contributed by atoms with Gasteiger partial charge in [-0.25, -0.2) is 15.0 Å². The number of carboxylic acids is 1. The lowest BCUT2D eigenvalue weighted by Crippen LogP contribution is -2.39. The van der Waals surface area contributed by atoms with Gasteiger partial charge in [-0.05, 0) is 44.9 Å². The maximum absolute atomic E-state index is 12.9. The molecule has 2 aliphatic carbocycles. The van der Waals surface area contributed by atoms with Crippen molar-refractivity contribution in [3.63, 3.8) is 0 Å². The standard InChI is InChI=1S/C18H21N5O3/c24-16(20-12-6-4-11(5-7-12)17(25)26)15-13-2-1-3-14(13)21-18(22-15)23-9-8-19-10-23/h8-12H,1-7H2,(H,20,24)(H,25,26). The van der Waals surface area contributed by atoms with E-state index in [-0.39, 0.29) is 17.9 Å². The zero-order valence-corrected chi connectivity index (χ0v) is 14.4. The first-order valence-electron chi connectivity index (χ1n) is 9.03. The Morgan fingerprint density at radius 3 is 2.65 bits per heavy atom. The molecule has 2 aliphatic rings. The number of rotatable bonds is 4. The molecule has 1 amide bonds. The number of carboxylic acid groups (broad SMARTS) is 1. The van der Waals surface area contributed by atoms with Crippen molar-refractivity contribution in [1.82, 2.24) is 24.8 Å². The smallest absolute Gasteiger partial charge is 0.306 e. The number of nitrogens with zero attached hydrogens (tertiary/aromatic N) is 4. The highest BCUT2D eigenvalue weighted by molar-refractivity contribution is 5.94. The summed E-state index contributed by atoms with van der Waals surface area (Å²) in [5, 5.41) is 12.1. The average molecular weight is 355 g/mol. The second-order valence-electron chi connectivity index (χ2n) is 6.98. The number of nitrogens with one attached hydrogen (secondary N) is 1. The second-order valence-corrected chi connectivity index (χ2v) is 6.98. The van der Waals surface area contributed by atoms with Crippen LogP contribution in [0.4, 0.5) is 0 Å². The van der Waals surface area contributed by atoms with Crippen LogP contribution in [0.5, 0.6) is 0 Å². The molecule has 0 atom stereocenters. The van der Waals surface area contributed by atoms with Crippen molar-refractivity contribution in [2.24, 2.45) is 5.92 Å². The van der Waals surface area contributed by atoms with E-state index in [2.05, 4.69) is 20.3 Å². The highest BCUT2D eigenvalue weighted by atomic mass is 16.4. The van der Waals surface area contributed by atoms with Crippen LogP contribution in [0.2, 0.25) is 0 Å². The van der Waals surface area contributed by atoms with Gasteiger partial charge < -0.3 is 10.4 Å². The van der Waals surface area contributed by atoms with Crippen LogP contribution in [0, 0.1) is 5.92 Å². The molecule has 1 saturated carbocycles. The lowest BCUT2D eigenvalue weighted by Gasteiger charge is -2.27. The van der Waals surface area contributed by atoms with Gasteiger partial charge >= 0.3 is 5.97 Å². The highest BCUT2D eigenvalue weighted by Gasteiger charge is 2.29. The van der Waals surface area contributed by atoms with Crippen LogP contribution in [0.3, 0.4) is 0 Å². The number of hydrogen-bond donors (Lipinski definition) is 2. The third-order valence-corrected chi connectivity index (χ3v) is 5.28. The largest absolute Gasteiger partial charge is 0.481 e. The Balaban J connectivity index is 1.54. The molecule has 0 spiro atoms. The first-order valence-corrected chi connectivity index (χ1v) is 9.03. The van der Waals surface area contributed by atoms with Gasteiger partial charge in [-0.3, -0.25) is 14.2 Å². The number of imidazole rings is 1. The van der Waals surface area contributed by atoms with Gasteiger partial charge in [-0.1, -0.05) is 0 Å². The molecule has 8 nitrogen and oxygen atoms in total. The summed E-state index contributed by atoms with van der Waals surface area (Å²) in [5.74, 6) is -0.763. The monoisotopic (exact) mass is 355 g/mol. The molecule has 2 N–H and O–H groups in total. The summed E-state index contributed by atoms with van der Waals surface area (Å²) in [6, 6.07) is 0.00168. The summed E-state index contributed by atoms with van der Waals surface area (Å²) < 4.78 is 1.70. The third-order valence-electron chi connectivity index (χ3n) is 5.28. The van der Waals surface area contributed by atoms with E-state index in [0.29, 0.717) is 37.3 Å². The molecule has 1 fully saturated rings. The predicted molar refractivity (Wildman–Crippen MR) is 92.0 cm³/mol. The van der Waals surface area contributed by atoms with Crippen molar-refractivity contribution in [2.45, 2.75) is 51.0 Å². The quantitative estimate of drug-likeness (QED) is 0.860. The summed E-state index contributed by atoms with van der Waals surface area (Å²) in [6.07, 6.45) is 10.2. The first-order chi connectivity index (χ1) is 12.6. The number of aryl methyl sites for hydroxylation is 1. The first kappa shape index (κ1) is 16.7. The van der Waals surface area contributed by atoms with Crippen LogP contribution in [0.25, 0.3) is 5.95 Å². The molecule has 0 unspecified atom stereocenters. The third kappa shape index (κ3) is 3.18. The molecular weight excluding hydrogens is 334 g/mol. The number of carbonyl (C=O) groups excluding carboxylic acids is 1. The SMILES string of the molecule is O=C(NC1CCC(C(=O)O)CC1)c1nc(-n2ccnc2)nc2c1CCC2. The van der Waals surface area contributed by atoms with E-state index < -0.39 is 5.97 Å². The zero-order valence-electron chi connectivity index (χ0n) is 14.4. The number of hydrogen-bond acceptors (Lipinski definition) is 5. The van der Waals surface area contributed by atoms with E-state index in [1.165, 1.54) is 0 Å². The maximum Gasteiger partial charge on any atom is 0.306 e. The zero-order chi connectivity index (χ0) is 18.1. The van der Waals surface area contributed by atoms with Crippen LogP contribution < -0.4 is 5.32 Å². The van der Waals surface area contributed by atoms with E-state index in [1.807, 2.05) is 0 Å². The van der Waals surface area contributed by atoms with Crippen LogP contribution in [0.1, 0.15) is 53.8 Å². The minimum atomic E-state index is -0.742. The van der Waals surface area contributed by atoms with Crippen LogP contribution in [-0.2, 0) is 17.6 Å². The van der Waals surface area contributed by atoms with Gasteiger partial charge in [-0.2, -0.15) is 0 Å². The van der Waals surface area contributed by atoms with Gasteiger partial charge in [0.05, 0.1) is 5.92 Å². The number of carbonyl (C=O) groups is 2. The summed E-state index contributed by atoms with van der Waals surface area (Å²) in [7, 11) is 0. The van der Waals surface area contributed by atoms with E-state index >= 15 is 0 Å². The van der Waals surface area contributed by atoms with Crippen molar-refractivity contribution in [2.75, 3.05) is 0 Å². The molecule has 0 aromatic carbocycles. The molecule has 0 radical (unpaired) electrons. The Morgan fingerprint density at radius 1 is 1.15 bits per heavy atom. The molecule has 2 aromatic rings. The highest BCUT2D eigenvalue weighted by Crippen LogP contribution is 2.26. The van der Waals surface area contributed by atoms with Gasteiger partial charge in [0, 0.05) is 29.7 Å². The van der Waals surface area contributed by atoms with E-state index in [4.69, 9.17) is 5.11 Å². The number of amides is 1. The Kier molecular flexibility index (Phi) is 4.40. The Morgan fingerprint density at radius 2 is 1.96 bits per heavy atom. The van der Waals surface area contributed by atoms with E-state index in [9.17, 15) is 9.59 Å². The van der Waals surface area contributed by atoms with Crippen molar-refractivity contribution in [3.05, 3.63) is 35.7 Å². The fourth-order valence-corrected chi connectivity index (χ4v) is 3.84. The summed E-state index contributed by atoms with van der Waals surface area (Å²) in [5.41, 5.74) is 2.31. The van der Waals surface area contributed by atoms with Crippen molar-refractivity contribution < 1.29 is 14.7 Å². The minimum Gasteiger partial charge on any atom is -0.481 e. The summed E-state index contributed by atoms with van der Waals surface area (Å²) in [6.45, 7) is 0. The molecule has 2 aromatic heterocycles. The van der Waals surface area contributed by atoms with Gasteiger partial charge in [0.1, 0.15) is 12.0 Å². The van der Waals surface area contributed by atoms with Crippen LogP contribution in [-0.4, -0.2) is 42.5 Å². The van der Waals surface area contributed by atoms with Crippen LogP contribution >= 0.6 is 0 Å². The second kappa shape index (κ2) is 6.86. The van der Waals surface area contributed by atoms with Gasteiger partial charge in [0.25, 0.3) is 5.91 Å². The van der Waals surface area contributed by atoms with E-state index in [0.717, 1.165) is 30.5 Å². The minimum absolute atomic E-state index is 0.00168. The Hall–Kier alpha value is -2.77. The summed E-state index contributed by atoms with van der Waals surface area (Å²) >= 11 is 0. The number of aliphatic carboxylic acids is 1. The van der Waals surface area contributed by atoms with Gasteiger partial charge in [0.15, 0.2) is 0 Å². The van der Waals surface area contributed by atoms with Crippen molar-refractivity contribution >= 4 is 11.9 Å². The molecular formula is C18H21N5O3. The lowest BCUT2D eigenvalue weighted by molar-refractivity contribution is -0.142. The normalized spacial score (nSPS) is 22.0. The molecule has 4 rings (SSSR count). The van der Waals surface area contributed by atoms with Gasteiger partial charge in [-0.15, -0.1) is 0 Å². The van der Waals surface area contributed by atoms with Crippen molar-refractivity contribution in [3.8, 4) is 5.95 Å². The fourth-order valence-electron chi connectivity index (χ4n) is 3.84. The van der Waals surface area contributed by atoms with Crippen LogP contribution in [0.15, 0.2) is 18.7 Å². The molecule has 0 saturated heterocycles.